The summed E-state index contributed by atoms with van der Waals surface area (Å²) in [5.74, 6) is 0.443. The number of hydrogen-bond acceptors (Lipinski definition) is 7. The molecule has 0 radical (unpaired) electrons. The van der Waals surface area contributed by atoms with Gasteiger partial charge < -0.3 is 16.8 Å². The van der Waals surface area contributed by atoms with E-state index in [0.29, 0.717) is 23.7 Å². The van der Waals surface area contributed by atoms with Crippen molar-refractivity contribution in [2.75, 3.05) is 11.1 Å². The van der Waals surface area contributed by atoms with Gasteiger partial charge in [-0.1, -0.05) is 6.07 Å². The number of carbonyl (C=O) groups is 1. The zero-order valence-electron chi connectivity index (χ0n) is 14.2. The Bertz CT molecular complexity index is 1140. The van der Waals surface area contributed by atoms with Crippen LogP contribution in [0.1, 0.15) is 15.2 Å². The molecule has 0 aliphatic rings. The molecule has 0 spiro atoms. The zero-order chi connectivity index (χ0) is 18.8. The number of hydrogen-bond donors (Lipinski definition) is 3. The highest BCUT2D eigenvalue weighted by molar-refractivity contribution is 7.15. The van der Waals surface area contributed by atoms with E-state index in [4.69, 9.17) is 11.5 Å². The quantitative estimate of drug-likeness (QED) is 0.492. The third-order valence-electron chi connectivity index (χ3n) is 4.12. The van der Waals surface area contributed by atoms with Crippen molar-refractivity contribution >= 4 is 39.8 Å². The summed E-state index contributed by atoms with van der Waals surface area (Å²) in [7, 11) is 0. The second kappa shape index (κ2) is 7.00. The monoisotopic (exact) mass is 376 g/mol. The highest BCUT2D eigenvalue weighted by atomic mass is 32.1. The van der Waals surface area contributed by atoms with E-state index in [1.807, 2.05) is 24.3 Å². The molecule has 0 unspecified atom stereocenters. The van der Waals surface area contributed by atoms with Crippen molar-refractivity contribution in [3.05, 3.63) is 65.4 Å². The van der Waals surface area contributed by atoms with E-state index in [1.54, 1.807) is 29.7 Å². The van der Waals surface area contributed by atoms with Gasteiger partial charge in [0.1, 0.15) is 18.0 Å². The van der Waals surface area contributed by atoms with Crippen molar-refractivity contribution < 1.29 is 4.79 Å². The van der Waals surface area contributed by atoms with Crippen LogP contribution >= 0.6 is 11.3 Å². The Hall–Kier alpha value is -3.52. The highest BCUT2D eigenvalue weighted by Crippen LogP contribution is 2.31. The number of pyridine rings is 1. The fraction of sp³-hybridized carbons (Fsp3) is 0.0526. The number of nitrogen functional groups attached to an aromatic ring is 1. The van der Waals surface area contributed by atoms with E-state index in [2.05, 4.69) is 26.3 Å². The van der Waals surface area contributed by atoms with Gasteiger partial charge in [-0.15, -0.1) is 11.3 Å². The lowest BCUT2D eigenvalue weighted by Gasteiger charge is -2.07. The number of aromatic nitrogens is 3. The standard InChI is InChI=1S/C19H16N6OS/c20-17-14-8-11(3-5-15(14)24-10-25-17)16-6-4-12(27-16)9-23-19-13(18(21)26)2-1-7-22-19/h1-8,10H,9H2,(H2,21,26)(H,22,23)(H2,20,24,25). The first-order valence-corrected chi connectivity index (χ1v) is 9.01. The normalized spacial score (nSPS) is 10.8. The van der Waals surface area contributed by atoms with Crippen molar-refractivity contribution in [3.8, 4) is 10.4 Å². The van der Waals surface area contributed by atoms with Gasteiger partial charge in [-0.05, 0) is 42.0 Å². The average Bonchev–Trinajstić information content (AvgIpc) is 3.16. The van der Waals surface area contributed by atoms with Gasteiger partial charge in [0.25, 0.3) is 5.91 Å². The van der Waals surface area contributed by atoms with Crippen molar-refractivity contribution in [1.82, 2.24) is 15.0 Å². The molecule has 0 fully saturated rings. The van der Waals surface area contributed by atoms with Crippen molar-refractivity contribution in [3.63, 3.8) is 0 Å². The van der Waals surface area contributed by atoms with Gasteiger partial charge in [0, 0.05) is 21.3 Å². The summed E-state index contributed by atoms with van der Waals surface area (Å²) in [6.45, 7) is 0.542. The molecule has 3 heterocycles. The maximum absolute atomic E-state index is 11.5. The third kappa shape index (κ3) is 3.42. The topological polar surface area (TPSA) is 120 Å². The van der Waals surface area contributed by atoms with Crippen molar-refractivity contribution in [2.24, 2.45) is 5.73 Å². The van der Waals surface area contributed by atoms with Crippen LogP contribution < -0.4 is 16.8 Å². The molecule has 0 bridgehead atoms. The molecule has 27 heavy (non-hydrogen) atoms. The molecule has 4 aromatic rings. The molecule has 3 aromatic heterocycles. The second-order valence-corrected chi connectivity index (χ2v) is 7.04. The van der Waals surface area contributed by atoms with Gasteiger partial charge in [-0.2, -0.15) is 0 Å². The lowest BCUT2D eigenvalue weighted by atomic mass is 10.1. The highest BCUT2D eigenvalue weighted by Gasteiger charge is 2.10. The van der Waals surface area contributed by atoms with Crippen LogP contribution in [0, 0.1) is 0 Å². The average molecular weight is 376 g/mol. The molecule has 0 saturated carbocycles. The number of primary amides is 1. The summed E-state index contributed by atoms with van der Waals surface area (Å²) < 4.78 is 0. The minimum Gasteiger partial charge on any atom is -0.383 e. The summed E-state index contributed by atoms with van der Waals surface area (Å²) in [5, 5.41) is 4.01. The molecular weight excluding hydrogens is 360 g/mol. The van der Waals surface area contributed by atoms with Gasteiger partial charge in [-0.25, -0.2) is 15.0 Å². The molecule has 0 atom stereocenters. The number of nitrogens with one attached hydrogen (secondary N) is 1. The van der Waals surface area contributed by atoms with Crippen LogP contribution in [-0.2, 0) is 6.54 Å². The molecule has 7 nitrogen and oxygen atoms in total. The third-order valence-corrected chi connectivity index (χ3v) is 5.25. The smallest absolute Gasteiger partial charge is 0.252 e. The van der Waals surface area contributed by atoms with E-state index in [-0.39, 0.29) is 0 Å². The molecular formula is C19H16N6OS. The Morgan fingerprint density at radius 3 is 2.85 bits per heavy atom. The molecule has 1 aromatic carbocycles. The Morgan fingerprint density at radius 2 is 2.00 bits per heavy atom. The summed E-state index contributed by atoms with van der Waals surface area (Å²) >= 11 is 1.65. The SMILES string of the molecule is NC(=O)c1cccnc1NCc1ccc(-c2ccc3ncnc(N)c3c2)s1. The van der Waals surface area contributed by atoms with Gasteiger partial charge in [0.2, 0.25) is 0 Å². The summed E-state index contributed by atoms with van der Waals surface area (Å²) in [5.41, 5.74) is 13.6. The Labute approximate surface area is 159 Å². The number of benzene rings is 1. The van der Waals surface area contributed by atoms with Crippen LogP contribution in [0.15, 0.2) is 55.0 Å². The largest absolute Gasteiger partial charge is 0.383 e. The summed E-state index contributed by atoms with van der Waals surface area (Å²) in [6, 6.07) is 13.4. The zero-order valence-corrected chi connectivity index (χ0v) is 15.0. The minimum absolute atomic E-state index is 0.374. The molecule has 0 saturated heterocycles. The van der Waals surface area contributed by atoms with Crippen LogP contribution in [-0.4, -0.2) is 20.9 Å². The van der Waals surface area contributed by atoms with Gasteiger partial charge in [0.15, 0.2) is 0 Å². The van der Waals surface area contributed by atoms with Gasteiger partial charge in [0.05, 0.1) is 17.6 Å². The lowest BCUT2D eigenvalue weighted by molar-refractivity contribution is 0.100. The Morgan fingerprint density at radius 1 is 1.11 bits per heavy atom. The Balaban J connectivity index is 1.56. The number of amides is 1. The molecule has 5 N–H and O–H groups in total. The molecule has 0 aliphatic heterocycles. The minimum atomic E-state index is -0.506. The summed E-state index contributed by atoms with van der Waals surface area (Å²) in [4.78, 5) is 26.1. The van der Waals surface area contributed by atoms with E-state index >= 15 is 0 Å². The van der Waals surface area contributed by atoms with Gasteiger partial charge in [-0.3, -0.25) is 4.79 Å². The van der Waals surface area contributed by atoms with Crippen molar-refractivity contribution in [1.29, 1.82) is 0 Å². The number of rotatable bonds is 5. The Kier molecular flexibility index (Phi) is 4.39. The maximum atomic E-state index is 11.5. The number of nitrogens with zero attached hydrogens (tertiary/aromatic N) is 3. The summed E-state index contributed by atoms with van der Waals surface area (Å²) in [6.07, 6.45) is 3.08. The predicted octanol–water partition coefficient (Wildman–Crippen LogP) is 3.05. The van der Waals surface area contributed by atoms with E-state index < -0.39 is 5.91 Å². The molecule has 4 rings (SSSR count). The fourth-order valence-corrected chi connectivity index (χ4v) is 3.72. The number of thiophene rings is 1. The molecule has 1 amide bonds. The number of anilines is 2. The first kappa shape index (κ1) is 16.9. The second-order valence-electron chi connectivity index (χ2n) is 5.87. The first-order valence-electron chi connectivity index (χ1n) is 8.20. The molecule has 134 valence electrons. The lowest BCUT2D eigenvalue weighted by Crippen LogP contribution is -2.15. The van der Waals surface area contributed by atoms with Crippen LogP contribution in [0.5, 0.6) is 0 Å². The number of carbonyl (C=O) groups excluding carboxylic acids is 1. The first-order chi connectivity index (χ1) is 13.1. The molecule has 8 heteroatoms. The van der Waals surface area contributed by atoms with Crippen LogP contribution in [0.2, 0.25) is 0 Å². The number of nitrogens with two attached hydrogens (primary N) is 2. The van der Waals surface area contributed by atoms with Crippen LogP contribution in [0.4, 0.5) is 11.6 Å². The van der Waals surface area contributed by atoms with E-state index in [1.165, 1.54) is 6.33 Å². The predicted molar refractivity (Wildman–Crippen MR) is 107 cm³/mol. The maximum Gasteiger partial charge on any atom is 0.252 e. The number of fused-ring (bicyclic) bond motifs is 1. The van der Waals surface area contributed by atoms with Crippen LogP contribution in [0.3, 0.4) is 0 Å². The molecule has 0 aliphatic carbocycles. The van der Waals surface area contributed by atoms with Gasteiger partial charge >= 0.3 is 0 Å². The van der Waals surface area contributed by atoms with Crippen LogP contribution in [0.25, 0.3) is 21.3 Å². The van der Waals surface area contributed by atoms with Crippen molar-refractivity contribution in [2.45, 2.75) is 6.54 Å². The van der Waals surface area contributed by atoms with E-state index in [0.717, 1.165) is 26.2 Å². The fourth-order valence-electron chi connectivity index (χ4n) is 2.77. The van der Waals surface area contributed by atoms with E-state index in [9.17, 15) is 4.79 Å².